The molecular formula is C22H29BF5N3O3. The first kappa shape index (κ1) is 26.6. The molecule has 1 aromatic rings. The van der Waals surface area contributed by atoms with Gasteiger partial charge in [0.15, 0.2) is 11.6 Å². The zero-order chi connectivity index (χ0) is 25.3. The number of nitrogens with zero attached hydrogens (tertiary/aromatic N) is 2. The number of morpholine rings is 1. The molecule has 0 radical (unpaired) electrons. The zero-order valence-electron chi connectivity index (χ0n) is 19.6. The van der Waals surface area contributed by atoms with E-state index in [1.807, 2.05) is 4.90 Å². The minimum absolute atomic E-state index is 0.192. The maximum atomic E-state index is 15.1. The summed E-state index contributed by atoms with van der Waals surface area (Å²) in [6.45, 7) is 9.19. The average Bonchev–Trinajstić information content (AvgIpc) is 2.97. The highest BCUT2D eigenvalue weighted by Crippen LogP contribution is 2.37. The van der Waals surface area contributed by atoms with Gasteiger partial charge in [-0.3, -0.25) is 9.89 Å². The van der Waals surface area contributed by atoms with E-state index in [2.05, 4.69) is 4.99 Å². The van der Waals surface area contributed by atoms with E-state index in [4.69, 9.17) is 19.8 Å². The molecule has 0 saturated carbocycles. The highest BCUT2D eigenvalue weighted by molar-refractivity contribution is 6.62. The Bertz CT molecular complexity index is 944. The number of rotatable bonds is 6. The minimum atomic E-state index is -4.93. The lowest BCUT2D eigenvalue weighted by atomic mass is 9.77. The van der Waals surface area contributed by atoms with Gasteiger partial charge in [0.1, 0.15) is 5.71 Å². The van der Waals surface area contributed by atoms with Crippen molar-refractivity contribution in [3.8, 4) is 0 Å². The maximum absolute atomic E-state index is 15.1. The third-order valence-electron chi connectivity index (χ3n) is 6.39. The second-order valence-corrected chi connectivity index (χ2v) is 9.18. The third kappa shape index (κ3) is 5.45. The Balaban J connectivity index is 1.89. The summed E-state index contributed by atoms with van der Waals surface area (Å²) < 4.78 is 88.2. The highest BCUT2D eigenvalue weighted by Gasteiger charge is 2.53. The maximum Gasteiger partial charge on any atom is 0.497 e. The van der Waals surface area contributed by atoms with Crippen molar-refractivity contribution in [3.05, 3.63) is 35.5 Å². The molecule has 6 nitrogen and oxygen atoms in total. The van der Waals surface area contributed by atoms with Crippen molar-refractivity contribution in [2.75, 3.05) is 39.4 Å². The van der Waals surface area contributed by atoms with Crippen LogP contribution in [-0.2, 0) is 14.0 Å². The normalized spacial score (nSPS) is 21.9. The van der Waals surface area contributed by atoms with E-state index in [9.17, 15) is 13.2 Å². The van der Waals surface area contributed by atoms with Gasteiger partial charge in [-0.2, -0.15) is 13.2 Å². The van der Waals surface area contributed by atoms with Crippen LogP contribution in [0.15, 0.2) is 23.3 Å². The fraction of sp³-hybridized carbons (Fsp3) is 0.591. The SMILES string of the molecule is CC1(C)OB(c2ccc(/C(=C/N)C(=NCCN3CCOCC3)C(F)(F)F)c(F)c2F)OC1(C)C. The number of alkyl halides is 3. The first-order valence-corrected chi connectivity index (χ1v) is 11.0. The number of ether oxygens (including phenoxy) is 1. The van der Waals surface area contributed by atoms with E-state index < -0.39 is 53.0 Å². The van der Waals surface area contributed by atoms with Gasteiger partial charge in [-0.05, 0) is 27.7 Å². The Kier molecular flexibility index (Phi) is 7.76. The standard InChI is InChI=1S/C22H29BF5N3O3/c1-20(2)21(3,4)34-23(33-20)16-6-5-14(17(24)18(16)25)15(13-29)19(22(26,27)28)30-7-8-31-9-11-32-12-10-31/h5-6,13H,7-12,29H2,1-4H3/b15-13-,30-19?. The molecule has 2 aliphatic rings. The summed E-state index contributed by atoms with van der Waals surface area (Å²) in [4.78, 5) is 5.58. The van der Waals surface area contributed by atoms with Crippen molar-refractivity contribution < 1.29 is 36.0 Å². The van der Waals surface area contributed by atoms with E-state index >= 15 is 8.78 Å². The number of aliphatic imine (C=N–C) groups is 1. The molecule has 34 heavy (non-hydrogen) atoms. The van der Waals surface area contributed by atoms with Gasteiger partial charge in [-0.1, -0.05) is 12.1 Å². The van der Waals surface area contributed by atoms with Crippen LogP contribution in [0.5, 0.6) is 0 Å². The first-order valence-electron chi connectivity index (χ1n) is 11.0. The lowest BCUT2D eigenvalue weighted by Crippen LogP contribution is -2.41. The van der Waals surface area contributed by atoms with Crippen molar-refractivity contribution >= 4 is 23.9 Å². The van der Waals surface area contributed by atoms with Crippen LogP contribution in [0.2, 0.25) is 0 Å². The van der Waals surface area contributed by atoms with Crippen molar-refractivity contribution in [2.45, 2.75) is 45.1 Å². The third-order valence-corrected chi connectivity index (χ3v) is 6.39. The van der Waals surface area contributed by atoms with Crippen LogP contribution in [0, 0.1) is 11.6 Å². The quantitative estimate of drug-likeness (QED) is 0.378. The average molecular weight is 489 g/mol. The summed E-state index contributed by atoms with van der Waals surface area (Å²) in [7, 11) is -1.22. The Hall–Kier alpha value is -2.02. The van der Waals surface area contributed by atoms with Crippen molar-refractivity contribution in [1.82, 2.24) is 4.90 Å². The molecule has 0 aliphatic carbocycles. The molecule has 188 valence electrons. The molecule has 0 amide bonds. The predicted octanol–water partition coefficient (Wildman–Crippen LogP) is 2.90. The van der Waals surface area contributed by atoms with Gasteiger partial charge >= 0.3 is 13.3 Å². The Morgan fingerprint density at radius 2 is 1.68 bits per heavy atom. The fourth-order valence-corrected chi connectivity index (χ4v) is 3.68. The number of allylic oxidation sites excluding steroid dienone is 1. The predicted molar refractivity (Wildman–Crippen MR) is 120 cm³/mol. The molecule has 3 rings (SSSR count). The minimum Gasteiger partial charge on any atom is -0.404 e. The van der Waals surface area contributed by atoms with E-state index in [0.29, 0.717) is 32.5 Å². The van der Waals surface area contributed by atoms with Crippen molar-refractivity contribution in [2.24, 2.45) is 10.7 Å². The topological polar surface area (TPSA) is 69.3 Å². The monoisotopic (exact) mass is 489 g/mol. The molecule has 0 unspecified atom stereocenters. The largest absolute Gasteiger partial charge is 0.497 e. The molecule has 2 saturated heterocycles. The van der Waals surface area contributed by atoms with Gasteiger partial charge in [0.2, 0.25) is 0 Å². The van der Waals surface area contributed by atoms with E-state index in [0.717, 1.165) is 12.1 Å². The Morgan fingerprint density at radius 3 is 2.21 bits per heavy atom. The van der Waals surface area contributed by atoms with Gasteiger partial charge in [0, 0.05) is 42.4 Å². The van der Waals surface area contributed by atoms with Crippen LogP contribution in [0.4, 0.5) is 22.0 Å². The molecule has 0 bridgehead atoms. The summed E-state index contributed by atoms with van der Waals surface area (Å²) in [6.07, 6.45) is -4.34. The van der Waals surface area contributed by atoms with Crippen molar-refractivity contribution in [1.29, 1.82) is 0 Å². The van der Waals surface area contributed by atoms with Crippen LogP contribution >= 0.6 is 0 Å². The van der Waals surface area contributed by atoms with Gasteiger partial charge in [-0.15, -0.1) is 0 Å². The molecule has 0 aromatic heterocycles. The fourth-order valence-electron chi connectivity index (χ4n) is 3.68. The molecule has 12 heteroatoms. The van der Waals surface area contributed by atoms with Crippen LogP contribution in [0.3, 0.4) is 0 Å². The number of halogens is 5. The summed E-state index contributed by atoms with van der Waals surface area (Å²) in [5, 5.41) is 0. The lowest BCUT2D eigenvalue weighted by Gasteiger charge is -2.32. The molecule has 1 aromatic carbocycles. The summed E-state index contributed by atoms with van der Waals surface area (Å²) in [5.74, 6) is -2.86. The molecule has 2 N–H and O–H groups in total. The van der Waals surface area contributed by atoms with E-state index in [1.54, 1.807) is 27.7 Å². The van der Waals surface area contributed by atoms with Crippen LogP contribution in [-0.4, -0.2) is 74.5 Å². The Morgan fingerprint density at radius 1 is 1.09 bits per heavy atom. The van der Waals surface area contributed by atoms with Crippen LogP contribution < -0.4 is 11.2 Å². The highest BCUT2D eigenvalue weighted by atomic mass is 19.4. The van der Waals surface area contributed by atoms with Gasteiger partial charge in [-0.25, -0.2) is 8.78 Å². The summed E-state index contributed by atoms with van der Waals surface area (Å²) >= 11 is 0. The zero-order valence-corrected chi connectivity index (χ0v) is 19.6. The lowest BCUT2D eigenvalue weighted by molar-refractivity contribution is -0.0574. The summed E-state index contributed by atoms with van der Waals surface area (Å²) in [5.41, 5.74) is 0.824. The number of hydrogen-bond acceptors (Lipinski definition) is 6. The molecule has 2 fully saturated rings. The molecular weight excluding hydrogens is 460 g/mol. The van der Waals surface area contributed by atoms with Gasteiger partial charge < -0.3 is 19.8 Å². The number of nitrogens with two attached hydrogens (primary N) is 1. The second-order valence-electron chi connectivity index (χ2n) is 9.18. The second kappa shape index (κ2) is 9.92. The number of benzene rings is 1. The molecule has 0 spiro atoms. The first-order chi connectivity index (χ1) is 15.8. The molecule has 2 aliphatic heterocycles. The van der Waals surface area contributed by atoms with Crippen molar-refractivity contribution in [3.63, 3.8) is 0 Å². The van der Waals surface area contributed by atoms with Crippen LogP contribution in [0.1, 0.15) is 33.3 Å². The van der Waals surface area contributed by atoms with E-state index in [1.165, 1.54) is 0 Å². The Labute approximate surface area is 196 Å². The smallest absolute Gasteiger partial charge is 0.404 e. The van der Waals surface area contributed by atoms with E-state index in [-0.39, 0.29) is 18.6 Å². The molecule has 0 atom stereocenters. The molecule has 2 heterocycles. The van der Waals surface area contributed by atoms with Gasteiger partial charge in [0.25, 0.3) is 0 Å². The van der Waals surface area contributed by atoms with Gasteiger partial charge in [0.05, 0.1) is 31.0 Å². The summed E-state index contributed by atoms with van der Waals surface area (Å²) in [6, 6.07) is 2.17. The number of hydrogen-bond donors (Lipinski definition) is 1. The van der Waals surface area contributed by atoms with Crippen LogP contribution in [0.25, 0.3) is 5.57 Å².